The number of aromatic amines is 2. The molecule has 0 saturated heterocycles. The molecule has 4 heterocycles. The van der Waals surface area contributed by atoms with Gasteiger partial charge < -0.3 is 39.5 Å². The molecule has 0 saturated carbocycles. The lowest BCUT2D eigenvalue weighted by Crippen LogP contribution is -2.21. The number of benzene rings is 4. The predicted molar refractivity (Wildman–Crippen MR) is 322 cm³/mol. The van der Waals surface area contributed by atoms with E-state index in [-0.39, 0.29) is 68.3 Å². The van der Waals surface area contributed by atoms with Gasteiger partial charge in [0.05, 0.1) is 0 Å². The number of hydrogen-bond donors (Lipinski definition) is 10. The van der Waals surface area contributed by atoms with Crippen LogP contribution in [0.15, 0.2) is 98.1 Å². The van der Waals surface area contributed by atoms with Gasteiger partial charge in [0.1, 0.15) is 23.0 Å². The SMILES string of the molecule is CC(C)(C)c1cc(C(=O)Nc2ncc[nH]2)cc(C(C)(C)C)c1O.Cc1cc(C(=O)Nc2ncc[nH]2)cc(C)c1O.Cc1cc(C(=O)Nc2nccn2C)cc(C)c1O.Cn1ccnc1NC(=O)c1cc(C(C)(C)C)c(O)c(C(C)(C)C)c1. The Morgan fingerprint density at radius 3 is 0.866 bits per heavy atom. The van der Waals surface area contributed by atoms with Gasteiger partial charge in [-0.05, 0) is 120 Å². The minimum Gasteiger partial charge on any atom is -0.507 e. The first-order valence-corrected chi connectivity index (χ1v) is 26.5. The second-order valence-corrected chi connectivity index (χ2v) is 24.2. The van der Waals surface area contributed by atoms with E-state index in [9.17, 15) is 39.6 Å². The summed E-state index contributed by atoms with van der Waals surface area (Å²) >= 11 is 0. The number of aryl methyl sites for hydroxylation is 6. The molecule has 4 amide bonds. The second-order valence-electron chi connectivity index (χ2n) is 24.2. The van der Waals surface area contributed by atoms with Crippen molar-refractivity contribution in [1.29, 1.82) is 0 Å². The highest BCUT2D eigenvalue weighted by Gasteiger charge is 2.30. The molecule has 0 bridgehead atoms. The van der Waals surface area contributed by atoms with Gasteiger partial charge in [-0.2, -0.15) is 0 Å². The zero-order valence-electron chi connectivity index (χ0n) is 50.3. The third-order valence-corrected chi connectivity index (χ3v) is 13.0. The number of carbonyl (C=O) groups excluding carboxylic acids is 4. The Hall–Kier alpha value is -9.20. The van der Waals surface area contributed by atoms with Gasteiger partial charge in [0.2, 0.25) is 23.8 Å². The predicted octanol–water partition coefficient (Wildman–Crippen LogP) is 11.9. The number of amides is 4. The molecule has 4 aromatic heterocycles. The zero-order valence-corrected chi connectivity index (χ0v) is 50.3. The fraction of sp³-hybridized carbons (Fsp3) is 0.355. The molecular formula is C62H80N12O8. The minimum atomic E-state index is -0.274. The number of nitrogens with one attached hydrogen (secondary N) is 6. The smallest absolute Gasteiger partial charge is 0.257 e. The van der Waals surface area contributed by atoms with Gasteiger partial charge in [-0.3, -0.25) is 40.4 Å². The summed E-state index contributed by atoms with van der Waals surface area (Å²) in [6.45, 7) is 31.3. The third kappa shape index (κ3) is 16.5. The summed E-state index contributed by atoms with van der Waals surface area (Å²) in [5, 5.41) is 51.6. The summed E-state index contributed by atoms with van der Waals surface area (Å²) in [5.41, 5.74) is 6.69. The molecule has 8 aromatic rings. The first kappa shape index (κ1) is 63.6. The van der Waals surface area contributed by atoms with Gasteiger partial charge in [-0.25, -0.2) is 19.9 Å². The molecule has 20 nitrogen and oxygen atoms in total. The average Bonchev–Trinajstić information content (AvgIpc) is 4.23. The van der Waals surface area contributed by atoms with E-state index in [1.54, 1.807) is 142 Å². The molecule has 0 radical (unpaired) electrons. The number of aromatic nitrogens is 8. The van der Waals surface area contributed by atoms with E-state index in [1.807, 2.05) is 90.1 Å². The fourth-order valence-corrected chi connectivity index (χ4v) is 8.34. The maximum Gasteiger partial charge on any atom is 0.257 e. The number of rotatable bonds is 8. The molecule has 8 rings (SSSR count). The molecule has 0 spiro atoms. The van der Waals surface area contributed by atoms with Crippen molar-refractivity contribution in [3.8, 4) is 23.0 Å². The molecule has 20 heteroatoms. The molecule has 82 heavy (non-hydrogen) atoms. The van der Waals surface area contributed by atoms with Crippen LogP contribution >= 0.6 is 0 Å². The standard InChI is InChI=1S/C19H27N3O2.C18H25N3O2.C13H15N3O2.C12H13N3O2/c1-18(2,3)13-10-12(11-14(15(13)23)19(4,5)6)16(24)21-17-20-8-9-22(17)7;1-17(2,3)12-9-11(10-13(14(12)22)18(4,5)6)15(23)21-16-19-7-8-20-16;1-8-6-10(7-9(2)11(8)17)12(18)15-13-14-4-5-16(13)3;1-7-5-9(6-8(2)10(7)16)11(17)15-12-13-3-4-14-12/h8-11,23H,1-7H3,(H,20,21,24);7-10,22H,1-6H3,(H2,19,20,21,23);4-7,17H,1-3H3,(H,14,15,18);3-6,16H,1-2H3,(H2,13,14,15,17). The van der Waals surface area contributed by atoms with Crippen molar-refractivity contribution in [3.63, 3.8) is 0 Å². The first-order valence-electron chi connectivity index (χ1n) is 26.5. The summed E-state index contributed by atoms with van der Waals surface area (Å²) in [6.07, 6.45) is 13.2. The van der Waals surface area contributed by atoms with E-state index >= 15 is 0 Å². The molecule has 0 aliphatic heterocycles. The Morgan fingerprint density at radius 2 is 0.646 bits per heavy atom. The van der Waals surface area contributed by atoms with Crippen molar-refractivity contribution >= 4 is 47.4 Å². The Kier molecular flexibility index (Phi) is 19.8. The van der Waals surface area contributed by atoms with Crippen LogP contribution < -0.4 is 21.3 Å². The Balaban J connectivity index is 0.000000202. The number of phenols is 4. The van der Waals surface area contributed by atoms with Crippen molar-refractivity contribution in [2.24, 2.45) is 14.1 Å². The number of H-pyrrole nitrogens is 2. The van der Waals surface area contributed by atoms with Crippen LogP contribution in [-0.2, 0) is 35.8 Å². The van der Waals surface area contributed by atoms with Crippen LogP contribution in [-0.4, -0.2) is 83.1 Å². The highest BCUT2D eigenvalue weighted by molar-refractivity contribution is 6.06. The topological polar surface area (TPSA) is 290 Å². The summed E-state index contributed by atoms with van der Waals surface area (Å²) in [4.78, 5) is 70.8. The van der Waals surface area contributed by atoms with Crippen LogP contribution in [0.1, 0.15) is 169 Å². The third-order valence-electron chi connectivity index (χ3n) is 13.0. The summed E-state index contributed by atoms with van der Waals surface area (Å²) in [6, 6.07) is 13.6. The number of phenolic OH excluding ortho intramolecular Hbond substituents is 4. The second kappa shape index (κ2) is 25.5. The van der Waals surface area contributed by atoms with Gasteiger partial charge >= 0.3 is 0 Å². The van der Waals surface area contributed by atoms with Gasteiger partial charge in [0, 0.05) is 108 Å². The van der Waals surface area contributed by atoms with Crippen LogP contribution in [0.2, 0.25) is 0 Å². The normalized spacial score (nSPS) is 11.4. The number of imidazole rings is 4. The Bertz CT molecular complexity index is 3430. The molecule has 436 valence electrons. The number of carbonyl (C=O) groups is 4. The highest BCUT2D eigenvalue weighted by Crippen LogP contribution is 2.41. The van der Waals surface area contributed by atoms with Crippen molar-refractivity contribution in [1.82, 2.24) is 39.0 Å². The van der Waals surface area contributed by atoms with Crippen LogP contribution in [0.3, 0.4) is 0 Å². The largest absolute Gasteiger partial charge is 0.507 e. The van der Waals surface area contributed by atoms with Crippen molar-refractivity contribution in [3.05, 3.63) is 165 Å². The summed E-state index contributed by atoms with van der Waals surface area (Å²) in [5.74, 6) is 1.77. The molecule has 0 aliphatic carbocycles. The lowest BCUT2D eigenvalue weighted by molar-refractivity contribution is 0.101. The number of hydrogen-bond acceptors (Lipinski definition) is 12. The van der Waals surface area contributed by atoms with Gasteiger partial charge in [0.15, 0.2) is 0 Å². The average molecular weight is 1120 g/mol. The summed E-state index contributed by atoms with van der Waals surface area (Å²) in [7, 11) is 3.62. The van der Waals surface area contributed by atoms with Gasteiger partial charge in [-0.1, -0.05) is 83.1 Å². The lowest BCUT2D eigenvalue weighted by Gasteiger charge is -2.28. The zero-order chi connectivity index (χ0) is 61.4. The van der Waals surface area contributed by atoms with E-state index in [2.05, 4.69) is 51.2 Å². The number of anilines is 4. The maximum atomic E-state index is 12.7. The molecule has 0 atom stereocenters. The number of aromatic hydroxyl groups is 4. The van der Waals surface area contributed by atoms with E-state index in [0.29, 0.717) is 68.3 Å². The monoisotopic (exact) mass is 1120 g/mol. The quantitative estimate of drug-likeness (QED) is 0.0680. The van der Waals surface area contributed by atoms with Crippen LogP contribution in [0.5, 0.6) is 23.0 Å². The van der Waals surface area contributed by atoms with Crippen molar-refractivity contribution in [2.45, 2.75) is 132 Å². The molecule has 10 N–H and O–H groups in total. The van der Waals surface area contributed by atoms with Crippen molar-refractivity contribution < 1.29 is 39.6 Å². The number of nitrogens with zero attached hydrogens (tertiary/aromatic N) is 6. The van der Waals surface area contributed by atoms with Crippen molar-refractivity contribution in [2.75, 3.05) is 21.3 Å². The molecule has 0 fully saturated rings. The Morgan fingerprint density at radius 1 is 0.390 bits per heavy atom. The minimum absolute atomic E-state index is 0.222. The molecule has 0 unspecified atom stereocenters. The van der Waals surface area contributed by atoms with E-state index in [1.165, 1.54) is 0 Å². The van der Waals surface area contributed by atoms with Crippen LogP contribution in [0.4, 0.5) is 23.8 Å². The highest BCUT2D eigenvalue weighted by atomic mass is 16.3. The fourth-order valence-electron chi connectivity index (χ4n) is 8.34. The Labute approximate surface area is 479 Å². The summed E-state index contributed by atoms with van der Waals surface area (Å²) < 4.78 is 3.46. The maximum absolute atomic E-state index is 12.7. The van der Waals surface area contributed by atoms with E-state index < -0.39 is 0 Å². The van der Waals surface area contributed by atoms with E-state index in [4.69, 9.17) is 0 Å². The van der Waals surface area contributed by atoms with Gasteiger partial charge in [0.25, 0.3) is 23.6 Å². The molecular weight excluding hydrogens is 1040 g/mol. The lowest BCUT2D eigenvalue weighted by atomic mass is 9.78. The first-order chi connectivity index (χ1) is 38.0. The van der Waals surface area contributed by atoms with Crippen LogP contribution in [0, 0.1) is 27.7 Å². The molecule has 4 aromatic carbocycles. The van der Waals surface area contributed by atoms with Crippen LogP contribution in [0.25, 0.3) is 0 Å². The van der Waals surface area contributed by atoms with Gasteiger partial charge in [-0.15, -0.1) is 0 Å². The van der Waals surface area contributed by atoms with E-state index in [0.717, 1.165) is 22.3 Å². The molecule has 0 aliphatic rings.